The van der Waals surface area contributed by atoms with Crippen molar-refractivity contribution in [2.75, 3.05) is 12.4 Å². The molecule has 0 aliphatic heterocycles. The summed E-state index contributed by atoms with van der Waals surface area (Å²) in [4.78, 5) is 11.5. The lowest BCUT2D eigenvalue weighted by Gasteiger charge is -2.12. The van der Waals surface area contributed by atoms with Gasteiger partial charge in [0.25, 0.3) is 0 Å². The van der Waals surface area contributed by atoms with Crippen molar-refractivity contribution in [3.05, 3.63) is 28.5 Å². The molecule has 5 heteroatoms. The molecule has 0 aliphatic carbocycles. The Hall–Kier alpha value is -0.940. The maximum atomic E-state index is 13.3. The summed E-state index contributed by atoms with van der Waals surface area (Å²) in [5, 5.41) is 5.28. The minimum atomic E-state index is -0.457. The maximum absolute atomic E-state index is 13.3. The Kier molecular flexibility index (Phi) is 4.23. The molecular weight excluding hydrogens is 263 g/mol. The second-order valence-corrected chi connectivity index (χ2v) is 3.95. The molecule has 0 aromatic heterocycles. The summed E-state index contributed by atoms with van der Waals surface area (Å²) in [5.74, 6) is -0.732. The summed E-state index contributed by atoms with van der Waals surface area (Å²) in [6, 6.07) is 4.17. The smallest absolute Gasteiger partial charge is 0.241 e. The van der Waals surface area contributed by atoms with E-state index in [0.717, 1.165) is 0 Å². The van der Waals surface area contributed by atoms with Gasteiger partial charge in [0.05, 0.1) is 11.7 Å². The number of carbonyl (C=O) groups excluding carboxylic acids is 1. The molecular formula is C10H12BrFN2O. The second kappa shape index (κ2) is 5.23. The molecule has 0 saturated carbocycles. The van der Waals surface area contributed by atoms with Gasteiger partial charge in [-0.15, -0.1) is 0 Å². The van der Waals surface area contributed by atoms with E-state index in [-0.39, 0.29) is 17.6 Å². The molecule has 2 N–H and O–H groups in total. The summed E-state index contributed by atoms with van der Waals surface area (Å²) in [7, 11) is 1.67. The first-order chi connectivity index (χ1) is 7.06. The summed E-state index contributed by atoms with van der Waals surface area (Å²) in [5.41, 5.74) is 0.171. The van der Waals surface area contributed by atoms with Crippen LogP contribution in [0.15, 0.2) is 22.7 Å². The van der Waals surface area contributed by atoms with E-state index >= 15 is 0 Å². The summed E-state index contributed by atoms with van der Waals surface area (Å²) in [6.45, 7) is 1.70. The van der Waals surface area contributed by atoms with E-state index in [2.05, 4.69) is 26.6 Å². The van der Waals surface area contributed by atoms with Crippen molar-refractivity contribution in [2.24, 2.45) is 0 Å². The summed E-state index contributed by atoms with van der Waals surface area (Å²) < 4.78 is 13.8. The Bertz CT molecular complexity index is 350. The minimum absolute atomic E-state index is 0.171. The van der Waals surface area contributed by atoms with Gasteiger partial charge in [-0.3, -0.25) is 4.79 Å². The monoisotopic (exact) mass is 274 g/mol. The van der Waals surface area contributed by atoms with Crippen LogP contribution in [0.4, 0.5) is 10.1 Å². The quantitative estimate of drug-likeness (QED) is 0.887. The Labute approximate surface area is 96.2 Å². The highest BCUT2D eigenvalue weighted by atomic mass is 79.9. The summed E-state index contributed by atoms with van der Waals surface area (Å²) in [6.07, 6.45) is 0. The SMILES string of the molecule is CNC(C)C(=O)Nc1c(F)cccc1Br. The second-order valence-electron chi connectivity index (χ2n) is 3.10. The Morgan fingerprint density at radius 2 is 2.20 bits per heavy atom. The molecule has 0 fully saturated rings. The number of hydrogen-bond acceptors (Lipinski definition) is 2. The van der Waals surface area contributed by atoms with Crippen molar-refractivity contribution in [3.8, 4) is 0 Å². The van der Waals surface area contributed by atoms with Gasteiger partial charge in [-0.2, -0.15) is 0 Å². The highest BCUT2D eigenvalue weighted by Crippen LogP contribution is 2.25. The number of likely N-dealkylation sites (N-methyl/N-ethyl adjacent to an activating group) is 1. The van der Waals surface area contributed by atoms with Crippen molar-refractivity contribution in [1.29, 1.82) is 0 Å². The highest BCUT2D eigenvalue weighted by Gasteiger charge is 2.14. The fraction of sp³-hybridized carbons (Fsp3) is 0.300. The molecule has 1 aromatic carbocycles. The number of halogens is 2. The lowest BCUT2D eigenvalue weighted by molar-refractivity contribution is -0.117. The molecule has 82 valence electrons. The molecule has 3 nitrogen and oxygen atoms in total. The third kappa shape index (κ3) is 3.00. The third-order valence-electron chi connectivity index (χ3n) is 2.04. The fourth-order valence-electron chi connectivity index (χ4n) is 0.980. The van der Waals surface area contributed by atoms with Crippen LogP contribution in [0.5, 0.6) is 0 Å². The first kappa shape index (κ1) is 12.1. The largest absolute Gasteiger partial charge is 0.321 e. The number of hydrogen-bond donors (Lipinski definition) is 2. The Morgan fingerprint density at radius 3 is 2.73 bits per heavy atom. The van der Waals surface area contributed by atoms with E-state index in [9.17, 15) is 9.18 Å². The van der Waals surface area contributed by atoms with Crippen LogP contribution < -0.4 is 10.6 Å². The van der Waals surface area contributed by atoms with Gasteiger partial charge in [0.15, 0.2) is 0 Å². The van der Waals surface area contributed by atoms with Crippen molar-refractivity contribution < 1.29 is 9.18 Å². The topological polar surface area (TPSA) is 41.1 Å². The average Bonchev–Trinajstić information content (AvgIpc) is 2.22. The van der Waals surface area contributed by atoms with Crippen LogP contribution in [-0.4, -0.2) is 19.0 Å². The molecule has 0 bridgehead atoms. The van der Waals surface area contributed by atoms with Crippen LogP contribution in [0.3, 0.4) is 0 Å². The van der Waals surface area contributed by atoms with Crippen LogP contribution in [0.25, 0.3) is 0 Å². The molecule has 0 radical (unpaired) electrons. The number of nitrogens with one attached hydrogen (secondary N) is 2. The standard InChI is InChI=1S/C10H12BrFN2O/c1-6(13-2)10(15)14-9-7(11)4-3-5-8(9)12/h3-6,13H,1-2H3,(H,14,15). The van der Waals surface area contributed by atoms with E-state index in [0.29, 0.717) is 4.47 Å². The number of amides is 1. The minimum Gasteiger partial charge on any atom is -0.321 e. The molecule has 1 amide bonds. The van der Waals surface area contributed by atoms with E-state index < -0.39 is 5.82 Å². The van der Waals surface area contributed by atoms with E-state index in [4.69, 9.17) is 0 Å². The van der Waals surface area contributed by atoms with E-state index in [1.165, 1.54) is 6.07 Å². The zero-order valence-electron chi connectivity index (χ0n) is 8.47. The molecule has 0 aliphatic rings. The van der Waals surface area contributed by atoms with Crippen molar-refractivity contribution in [2.45, 2.75) is 13.0 Å². The van der Waals surface area contributed by atoms with Gasteiger partial charge < -0.3 is 10.6 Å². The molecule has 1 aromatic rings. The van der Waals surface area contributed by atoms with Crippen molar-refractivity contribution >= 4 is 27.5 Å². The first-order valence-electron chi connectivity index (χ1n) is 4.48. The molecule has 0 heterocycles. The van der Waals surface area contributed by atoms with E-state index in [1.54, 1.807) is 26.1 Å². The molecule has 1 atom stereocenters. The first-order valence-corrected chi connectivity index (χ1v) is 5.27. The maximum Gasteiger partial charge on any atom is 0.241 e. The number of carbonyl (C=O) groups is 1. The molecule has 1 unspecified atom stereocenters. The number of anilines is 1. The normalized spacial score (nSPS) is 12.3. The molecule has 1 rings (SSSR count). The average molecular weight is 275 g/mol. The zero-order valence-corrected chi connectivity index (χ0v) is 10.1. The predicted molar refractivity (Wildman–Crippen MR) is 61.3 cm³/mol. The van der Waals surface area contributed by atoms with Crippen molar-refractivity contribution in [3.63, 3.8) is 0 Å². The Balaban J connectivity index is 2.85. The lowest BCUT2D eigenvalue weighted by atomic mass is 10.2. The fourth-order valence-corrected chi connectivity index (χ4v) is 1.42. The van der Waals surface area contributed by atoms with E-state index in [1.807, 2.05) is 0 Å². The Morgan fingerprint density at radius 1 is 1.53 bits per heavy atom. The van der Waals surface area contributed by atoms with Gasteiger partial charge in [0, 0.05) is 4.47 Å². The van der Waals surface area contributed by atoms with Crippen LogP contribution >= 0.6 is 15.9 Å². The number of para-hydroxylation sites is 1. The van der Waals surface area contributed by atoms with Crippen LogP contribution in [0.2, 0.25) is 0 Å². The molecule has 0 saturated heterocycles. The van der Waals surface area contributed by atoms with Crippen LogP contribution in [-0.2, 0) is 4.79 Å². The third-order valence-corrected chi connectivity index (χ3v) is 2.70. The molecule has 0 spiro atoms. The van der Waals surface area contributed by atoms with Crippen LogP contribution in [0.1, 0.15) is 6.92 Å². The van der Waals surface area contributed by atoms with Gasteiger partial charge in [-0.1, -0.05) is 6.07 Å². The van der Waals surface area contributed by atoms with Gasteiger partial charge in [-0.05, 0) is 42.0 Å². The highest BCUT2D eigenvalue weighted by molar-refractivity contribution is 9.10. The van der Waals surface area contributed by atoms with Gasteiger partial charge in [0.1, 0.15) is 5.82 Å². The number of benzene rings is 1. The van der Waals surface area contributed by atoms with Crippen LogP contribution in [0, 0.1) is 5.82 Å². The zero-order chi connectivity index (χ0) is 11.4. The van der Waals surface area contributed by atoms with Gasteiger partial charge in [0.2, 0.25) is 5.91 Å². The van der Waals surface area contributed by atoms with Gasteiger partial charge >= 0.3 is 0 Å². The summed E-state index contributed by atoms with van der Waals surface area (Å²) >= 11 is 3.17. The van der Waals surface area contributed by atoms with Crippen molar-refractivity contribution in [1.82, 2.24) is 5.32 Å². The lowest BCUT2D eigenvalue weighted by Crippen LogP contribution is -2.35. The number of rotatable bonds is 3. The van der Waals surface area contributed by atoms with Gasteiger partial charge in [-0.25, -0.2) is 4.39 Å². The predicted octanol–water partition coefficient (Wildman–Crippen LogP) is 2.13. The molecule has 15 heavy (non-hydrogen) atoms.